The second-order valence-electron chi connectivity index (χ2n) is 9.27. The van der Waals surface area contributed by atoms with E-state index in [2.05, 4.69) is 15.5 Å². The van der Waals surface area contributed by atoms with Gasteiger partial charge in [-0.05, 0) is 43.3 Å². The van der Waals surface area contributed by atoms with Crippen LogP contribution in [0, 0.1) is 12.8 Å². The number of carbonyl (C=O) groups is 3. The fraction of sp³-hybridized carbons (Fsp3) is 0.444. The molecule has 1 aliphatic heterocycles. The zero-order chi connectivity index (χ0) is 26.1. The Morgan fingerprint density at radius 1 is 0.917 bits per heavy atom. The van der Waals surface area contributed by atoms with Gasteiger partial charge in [0.05, 0.1) is 13.2 Å². The van der Waals surface area contributed by atoms with Gasteiger partial charge >= 0.3 is 6.03 Å². The molecule has 3 rings (SSSR count). The van der Waals surface area contributed by atoms with Gasteiger partial charge in [-0.15, -0.1) is 0 Å². The molecule has 0 spiro atoms. The van der Waals surface area contributed by atoms with E-state index >= 15 is 0 Å². The number of amides is 4. The minimum atomic E-state index is -0.249. The lowest BCUT2D eigenvalue weighted by molar-refractivity contribution is -0.138. The maximum absolute atomic E-state index is 12.6. The Labute approximate surface area is 213 Å². The van der Waals surface area contributed by atoms with Crippen molar-refractivity contribution in [3.63, 3.8) is 0 Å². The molecule has 2 N–H and O–H groups in total. The maximum atomic E-state index is 12.6. The Hall–Kier alpha value is -3.59. The summed E-state index contributed by atoms with van der Waals surface area (Å²) in [7, 11) is 1.57. The van der Waals surface area contributed by atoms with Gasteiger partial charge in [0.1, 0.15) is 0 Å². The van der Waals surface area contributed by atoms with Crippen molar-refractivity contribution in [1.82, 2.24) is 9.80 Å². The molecule has 0 saturated carbocycles. The molecule has 1 fully saturated rings. The number of rotatable bonds is 9. The maximum Gasteiger partial charge on any atom is 0.321 e. The van der Waals surface area contributed by atoms with Crippen LogP contribution in [0.3, 0.4) is 0 Å². The van der Waals surface area contributed by atoms with E-state index < -0.39 is 0 Å². The molecule has 1 heterocycles. The van der Waals surface area contributed by atoms with Gasteiger partial charge in [0.25, 0.3) is 0 Å². The van der Waals surface area contributed by atoms with Gasteiger partial charge in [0.15, 0.2) is 0 Å². The molecule has 0 atom stereocenters. The number of nitrogens with one attached hydrogen (secondary N) is 2. The molecule has 9 heteroatoms. The van der Waals surface area contributed by atoms with Crippen LogP contribution >= 0.6 is 0 Å². The van der Waals surface area contributed by atoms with Crippen LogP contribution in [0.5, 0.6) is 0 Å². The molecule has 194 valence electrons. The predicted molar refractivity (Wildman–Crippen MR) is 142 cm³/mol. The molecule has 2 aromatic rings. The molecule has 0 aromatic heterocycles. The normalized spacial score (nSPS) is 13.5. The quantitative estimate of drug-likeness (QED) is 0.556. The first-order chi connectivity index (χ1) is 17.3. The number of urea groups is 1. The standard InChI is InChI=1S/C27H37N5O4/c1-20(2)26(34)32(17-18-36-4)19-25(33)28-22-9-11-24(12-10-22)30-13-15-31(16-14-30)27(35)29-23-7-5-21(3)6-8-23/h5-12,20H,13-19H2,1-4H3,(H,28,33)(H,29,35). The Bertz CT molecular complexity index is 1020. The lowest BCUT2D eigenvalue weighted by Gasteiger charge is -2.36. The van der Waals surface area contributed by atoms with Crippen LogP contribution in [0.1, 0.15) is 19.4 Å². The summed E-state index contributed by atoms with van der Waals surface area (Å²) in [6.45, 7) is 9.06. The highest BCUT2D eigenvalue weighted by Crippen LogP contribution is 2.20. The first-order valence-corrected chi connectivity index (χ1v) is 12.3. The zero-order valence-corrected chi connectivity index (χ0v) is 21.6. The van der Waals surface area contributed by atoms with E-state index in [0.29, 0.717) is 31.9 Å². The van der Waals surface area contributed by atoms with Crippen molar-refractivity contribution < 1.29 is 19.1 Å². The zero-order valence-electron chi connectivity index (χ0n) is 21.6. The summed E-state index contributed by atoms with van der Waals surface area (Å²) in [6, 6.07) is 15.3. The van der Waals surface area contributed by atoms with E-state index in [4.69, 9.17) is 4.74 Å². The van der Waals surface area contributed by atoms with E-state index in [9.17, 15) is 14.4 Å². The minimum Gasteiger partial charge on any atom is -0.383 e. The van der Waals surface area contributed by atoms with Crippen molar-refractivity contribution in [2.75, 3.05) is 68.5 Å². The molecule has 2 aromatic carbocycles. The summed E-state index contributed by atoms with van der Waals surface area (Å²) < 4.78 is 5.07. The van der Waals surface area contributed by atoms with Crippen LogP contribution in [-0.4, -0.2) is 80.6 Å². The monoisotopic (exact) mass is 495 g/mol. The number of benzene rings is 2. The summed E-state index contributed by atoms with van der Waals surface area (Å²) >= 11 is 0. The molecular formula is C27H37N5O4. The number of anilines is 3. The van der Waals surface area contributed by atoms with E-state index in [1.165, 1.54) is 4.90 Å². The van der Waals surface area contributed by atoms with Gasteiger partial charge in [-0.2, -0.15) is 0 Å². The second kappa shape index (κ2) is 12.9. The van der Waals surface area contributed by atoms with Crippen molar-refractivity contribution in [3.05, 3.63) is 54.1 Å². The Kier molecular flexibility index (Phi) is 9.69. The largest absolute Gasteiger partial charge is 0.383 e. The van der Waals surface area contributed by atoms with Crippen LogP contribution in [0.15, 0.2) is 48.5 Å². The number of piperazine rings is 1. The number of hydrogen-bond donors (Lipinski definition) is 2. The molecule has 4 amide bonds. The first-order valence-electron chi connectivity index (χ1n) is 12.3. The second-order valence-corrected chi connectivity index (χ2v) is 9.27. The molecule has 36 heavy (non-hydrogen) atoms. The van der Waals surface area contributed by atoms with Crippen LogP contribution < -0.4 is 15.5 Å². The topological polar surface area (TPSA) is 94.2 Å². The summed E-state index contributed by atoms with van der Waals surface area (Å²) in [6.07, 6.45) is 0. The Morgan fingerprint density at radius 2 is 1.50 bits per heavy atom. The van der Waals surface area contributed by atoms with E-state index in [1.54, 1.807) is 7.11 Å². The van der Waals surface area contributed by atoms with Crippen molar-refractivity contribution in [2.24, 2.45) is 5.92 Å². The average Bonchev–Trinajstić information content (AvgIpc) is 2.88. The molecular weight excluding hydrogens is 458 g/mol. The van der Waals surface area contributed by atoms with Crippen LogP contribution in [0.2, 0.25) is 0 Å². The van der Waals surface area contributed by atoms with Crippen LogP contribution in [-0.2, 0) is 14.3 Å². The summed E-state index contributed by atoms with van der Waals surface area (Å²) in [5.74, 6) is -0.520. The lowest BCUT2D eigenvalue weighted by atomic mass is 10.2. The average molecular weight is 496 g/mol. The minimum absolute atomic E-state index is 0.0191. The van der Waals surface area contributed by atoms with Gasteiger partial charge in [-0.3, -0.25) is 9.59 Å². The van der Waals surface area contributed by atoms with Crippen molar-refractivity contribution in [2.45, 2.75) is 20.8 Å². The van der Waals surface area contributed by atoms with Gasteiger partial charge in [0, 0.05) is 62.8 Å². The molecule has 0 bridgehead atoms. The van der Waals surface area contributed by atoms with Gasteiger partial charge < -0.3 is 30.1 Å². The van der Waals surface area contributed by atoms with E-state index in [-0.39, 0.29) is 30.3 Å². The molecule has 0 unspecified atom stereocenters. The molecule has 0 aliphatic carbocycles. The fourth-order valence-corrected chi connectivity index (χ4v) is 3.97. The number of aryl methyl sites for hydroxylation is 1. The Morgan fingerprint density at radius 3 is 2.08 bits per heavy atom. The summed E-state index contributed by atoms with van der Waals surface area (Å²) in [5.41, 5.74) is 3.64. The number of nitrogens with zero attached hydrogens (tertiary/aromatic N) is 3. The fourth-order valence-electron chi connectivity index (χ4n) is 3.97. The van der Waals surface area contributed by atoms with E-state index in [0.717, 1.165) is 30.0 Å². The SMILES string of the molecule is COCCN(CC(=O)Nc1ccc(N2CCN(C(=O)Nc3ccc(C)cc3)CC2)cc1)C(=O)C(C)C. The molecule has 1 saturated heterocycles. The number of hydrogen-bond acceptors (Lipinski definition) is 5. The van der Waals surface area contributed by atoms with Crippen molar-refractivity contribution in [3.8, 4) is 0 Å². The third-order valence-corrected chi connectivity index (χ3v) is 6.09. The lowest BCUT2D eigenvalue weighted by Crippen LogP contribution is -2.50. The van der Waals surface area contributed by atoms with Crippen LogP contribution in [0.4, 0.5) is 21.9 Å². The highest BCUT2D eigenvalue weighted by atomic mass is 16.5. The molecule has 1 aliphatic rings. The van der Waals surface area contributed by atoms with Gasteiger partial charge in [-0.25, -0.2) is 4.79 Å². The molecule has 9 nitrogen and oxygen atoms in total. The highest BCUT2D eigenvalue weighted by Gasteiger charge is 2.22. The number of carbonyl (C=O) groups excluding carboxylic acids is 3. The Balaban J connectivity index is 1.48. The number of ether oxygens (including phenoxy) is 1. The third kappa shape index (κ3) is 7.71. The van der Waals surface area contributed by atoms with E-state index in [1.807, 2.05) is 74.2 Å². The van der Waals surface area contributed by atoms with Crippen molar-refractivity contribution >= 4 is 34.9 Å². The smallest absolute Gasteiger partial charge is 0.321 e. The first kappa shape index (κ1) is 27.0. The summed E-state index contributed by atoms with van der Waals surface area (Å²) in [5, 5.41) is 5.82. The predicted octanol–water partition coefficient (Wildman–Crippen LogP) is 3.42. The summed E-state index contributed by atoms with van der Waals surface area (Å²) in [4.78, 5) is 43.1. The number of methoxy groups -OCH3 is 1. The van der Waals surface area contributed by atoms with Crippen molar-refractivity contribution in [1.29, 1.82) is 0 Å². The van der Waals surface area contributed by atoms with Crippen LogP contribution in [0.25, 0.3) is 0 Å². The molecule has 0 radical (unpaired) electrons. The highest BCUT2D eigenvalue weighted by molar-refractivity contribution is 5.95. The third-order valence-electron chi connectivity index (χ3n) is 6.09. The van der Waals surface area contributed by atoms with Gasteiger partial charge in [0.2, 0.25) is 11.8 Å². The van der Waals surface area contributed by atoms with Gasteiger partial charge in [-0.1, -0.05) is 31.5 Å².